The Kier molecular flexibility index (Phi) is 10.7. The number of nitrogens with zero attached hydrogens (tertiary/aromatic N) is 1. The third-order valence-electron chi connectivity index (χ3n) is 5.89. The van der Waals surface area contributed by atoms with Gasteiger partial charge in [-0.2, -0.15) is 0 Å². The van der Waals surface area contributed by atoms with Gasteiger partial charge in [0.15, 0.2) is 0 Å². The van der Waals surface area contributed by atoms with Crippen LogP contribution in [0.5, 0.6) is 0 Å². The van der Waals surface area contributed by atoms with Crippen molar-refractivity contribution in [2.75, 3.05) is 33.9 Å². The van der Waals surface area contributed by atoms with Crippen LogP contribution in [0, 0.1) is 17.8 Å². The van der Waals surface area contributed by atoms with E-state index >= 15 is 0 Å². The molecule has 5 atom stereocenters. The van der Waals surface area contributed by atoms with Gasteiger partial charge in [0.2, 0.25) is 11.8 Å². The van der Waals surface area contributed by atoms with Crippen LogP contribution in [-0.2, 0) is 23.9 Å². The quantitative estimate of drug-likeness (QED) is 0.544. The number of ketones is 1. The van der Waals surface area contributed by atoms with Crippen molar-refractivity contribution in [1.29, 1.82) is 0 Å². The number of methoxy groups -OCH3 is 2. The highest BCUT2D eigenvalue weighted by atomic mass is 16.5. The summed E-state index contributed by atoms with van der Waals surface area (Å²) in [6.07, 6.45) is 2.38. The average Bonchev–Trinajstić information content (AvgIpc) is 3.07. The average molecular weight is 399 g/mol. The Morgan fingerprint density at radius 1 is 1.18 bits per heavy atom. The fraction of sp³-hybridized carbons (Fsp3) is 0.857. The number of nitrogens with one attached hydrogen (secondary N) is 1. The number of Topliss-reactive ketones (excluding diaryl/α,β-unsaturated/α-hetero) is 1. The maximum absolute atomic E-state index is 12.6. The van der Waals surface area contributed by atoms with E-state index in [0.717, 1.165) is 6.42 Å². The fourth-order valence-corrected chi connectivity index (χ4v) is 3.55. The largest absolute Gasteiger partial charge is 0.383 e. The van der Waals surface area contributed by atoms with Crippen molar-refractivity contribution >= 4 is 17.6 Å². The number of rotatable bonds is 12. The maximum atomic E-state index is 12.6. The Bertz CT molecular complexity index is 525. The van der Waals surface area contributed by atoms with E-state index in [1.54, 1.807) is 21.1 Å². The zero-order valence-corrected chi connectivity index (χ0v) is 18.3. The van der Waals surface area contributed by atoms with Gasteiger partial charge in [-0.15, -0.1) is 0 Å². The van der Waals surface area contributed by atoms with Gasteiger partial charge in [0, 0.05) is 46.1 Å². The Hall–Kier alpha value is -1.47. The molecule has 0 aromatic carbocycles. The summed E-state index contributed by atoms with van der Waals surface area (Å²) in [5.41, 5.74) is 0. The predicted molar refractivity (Wildman–Crippen MR) is 108 cm³/mol. The number of hydrogen-bond acceptors (Lipinski definition) is 5. The normalized spacial score (nSPS) is 22.6. The zero-order valence-electron chi connectivity index (χ0n) is 18.3. The second kappa shape index (κ2) is 12.2. The molecule has 0 radical (unpaired) electrons. The van der Waals surface area contributed by atoms with E-state index in [-0.39, 0.29) is 47.5 Å². The number of ether oxygens (including phenoxy) is 2. The number of carbonyl (C=O) groups is 3. The number of carbonyl (C=O) groups excluding carboxylic acids is 3. The number of amides is 2. The predicted octanol–water partition coefficient (Wildman–Crippen LogP) is 2.03. The molecule has 1 rings (SSSR count). The third kappa shape index (κ3) is 7.87. The first-order valence-electron chi connectivity index (χ1n) is 10.3. The van der Waals surface area contributed by atoms with Crippen LogP contribution in [0.15, 0.2) is 0 Å². The molecule has 1 aliphatic rings. The molecule has 2 amide bonds. The summed E-state index contributed by atoms with van der Waals surface area (Å²) < 4.78 is 10.6. The summed E-state index contributed by atoms with van der Waals surface area (Å²) in [6.45, 7) is 9.05. The van der Waals surface area contributed by atoms with E-state index in [4.69, 9.17) is 9.47 Å². The standard InChI is InChI=1S/C21H38N2O5/c1-14(11-22-20(25)9-15(2)16(3)17(4)24)7-8-21(26)23-12-19(28-6)10-18(23)13-27-5/h14-16,18-19H,7-13H2,1-6H3,(H,22,25)/t14?,15?,16?,18-,19+/m0/s1. The monoisotopic (exact) mass is 398 g/mol. The van der Waals surface area contributed by atoms with Gasteiger partial charge in [-0.25, -0.2) is 0 Å². The van der Waals surface area contributed by atoms with Crippen LogP contribution in [0.3, 0.4) is 0 Å². The first-order valence-corrected chi connectivity index (χ1v) is 10.3. The van der Waals surface area contributed by atoms with E-state index in [0.29, 0.717) is 39.0 Å². The molecular weight excluding hydrogens is 360 g/mol. The molecule has 0 saturated carbocycles. The molecule has 0 aromatic rings. The Morgan fingerprint density at radius 3 is 2.43 bits per heavy atom. The lowest BCUT2D eigenvalue weighted by Gasteiger charge is -2.24. The number of likely N-dealkylation sites (tertiary alicyclic amines) is 1. The molecule has 7 heteroatoms. The topological polar surface area (TPSA) is 84.9 Å². The smallest absolute Gasteiger partial charge is 0.222 e. The van der Waals surface area contributed by atoms with E-state index in [2.05, 4.69) is 5.32 Å². The van der Waals surface area contributed by atoms with Gasteiger partial charge >= 0.3 is 0 Å². The minimum Gasteiger partial charge on any atom is -0.383 e. The van der Waals surface area contributed by atoms with Gasteiger partial charge in [0.1, 0.15) is 5.78 Å². The lowest BCUT2D eigenvalue weighted by atomic mass is 9.89. The molecule has 7 nitrogen and oxygen atoms in total. The summed E-state index contributed by atoms with van der Waals surface area (Å²) in [7, 11) is 3.32. The second-order valence-electron chi connectivity index (χ2n) is 8.28. The van der Waals surface area contributed by atoms with Crippen LogP contribution in [0.1, 0.15) is 53.4 Å². The Morgan fingerprint density at radius 2 is 1.86 bits per heavy atom. The van der Waals surface area contributed by atoms with Crippen molar-refractivity contribution in [3.63, 3.8) is 0 Å². The van der Waals surface area contributed by atoms with Gasteiger partial charge in [-0.3, -0.25) is 14.4 Å². The fourth-order valence-electron chi connectivity index (χ4n) is 3.55. The van der Waals surface area contributed by atoms with Crippen molar-refractivity contribution in [1.82, 2.24) is 10.2 Å². The van der Waals surface area contributed by atoms with Gasteiger partial charge in [0.05, 0.1) is 18.8 Å². The van der Waals surface area contributed by atoms with Crippen LogP contribution < -0.4 is 5.32 Å². The molecule has 28 heavy (non-hydrogen) atoms. The molecule has 0 spiro atoms. The van der Waals surface area contributed by atoms with E-state index in [1.165, 1.54) is 0 Å². The molecule has 0 aliphatic carbocycles. The molecule has 1 N–H and O–H groups in total. The molecule has 1 saturated heterocycles. The molecule has 1 fully saturated rings. The van der Waals surface area contributed by atoms with Crippen LogP contribution in [0.4, 0.5) is 0 Å². The first kappa shape index (κ1) is 24.6. The molecule has 3 unspecified atom stereocenters. The molecular formula is C21H38N2O5. The van der Waals surface area contributed by atoms with Crippen molar-refractivity contribution in [2.45, 2.75) is 65.5 Å². The van der Waals surface area contributed by atoms with Gasteiger partial charge in [-0.05, 0) is 31.6 Å². The van der Waals surface area contributed by atoms with Crippen molar-refractivity contribution in [2.24, 2.45) is 17.8 Å². The van der Waals surface area contributed by atoms with Gasteiger partial charge < -0.3 is 19.7 Å². The van der Waals surface area contributed by atoms with Crippen LogP contribution in [0.2, 0.25) is 0 Å². The van der Waals surface area contributed by atoms with E-state index in [1.807, 2.05) is 25.7 Å². The van der Waals surface area contributed by atoms with Crippen LogP contribution in [-0.4, -0.2) is 68.6 Å². The van der Waals surface area contributed by atoms with E-state index < -0.39 is 0 Å². The maximum Gasteiger partial charge on any atom is 0.222 e. The summed E-state index contributed by atoms with van der Waals surface area (Å²) in [4.78, 5) is 38.0. The van der Waals surface area contributed by atoms with Gasteiger partial charge in [0.25, 0.3) is 0 Å². The molecule has 0 bridgehead atoms. The van der Waals surface area contributed by atoms with E-state index in [9.17, 15) is 14.4 Å². The first-order chi connectivity index (χ1) is 13.2. The second-order valence-corrected chi connectivity index (χ2v) is 8.28. The van der Waals surface area contributed by atoms with Crippen LogP contribution >= 0.6 is 0 Å². The van der Waals surface area contributed by atoms with Crippen molar-refractivity contribution < 1.29 is 23.9 Å². The summed E-state index contributed by atoms with van der Waals surface area (Å²) in [5, 5.41) is 2.93. The third-order valence-corrected chi connectivity index (χ3v) is 5.89. The summed E-state index contributed by atoms with van der Waals surface area (Å²) in [6, 6.07) is 0.0715. The zero-order chi connectivity index (χ0) is 21.3. The van der Waals surface area contributed by atoms with Crippen molar-refractivity contribution in [3.05, 3.63) is 0 Å². The highest BCUT2D eigenvalue weighted by molar-refractivity contribution is 5.80. The highest BCUT2D eigenvalue weighted by Gasteiger charge is 2.35. The van der Waals surface area contributed by atoms with Gasteiger partial charge in [-0.1, -0.05) is 20.8 Å². The Labute approximate surface area is 169 Å². The lowest BCUT2D eigenvalue weighted by Crippen LogP contribution is -2.38. The SMILES string of the molecule is COC[C@@H]1C[C@@H](OC)CN1C(=O)CCC(C)CNC(=O)CC(C)C(C)C(C)=O. The summed E-state index contributed by atoms with van der Waals surface area (Å²) >= 11 is 0. The minimum absolute atomic E-state index is 0.0241. The van der Waals surface area contributed by atoms with Crippen molar-refractivity contribution in [3.8, 4) is 0 Å². The molecule has 1 heterocycles. The lowest BCUT2D eigenvalue weighted by molar-refractivity contribution is -0.133. The molecule has 1 aliphatic heterocycles. The molecule has 0 aromatic heterocycles. The molecule has 162 valence electrons. The van der Waals surface area contributed by atoms with Crippen LogP contribution in [0.25, 0.3) is 0 Å². The highest BCUT2D eigenvalue weighted by Crippen LogP contribution is 2.22. The Balaban J connectivity index is 2.35. The number of hydrogen-bond donors (Lipinski definition) is 1. The minimum atomic E-state index is -0.114. The summed E-state index contributed by atoms with van der Waals surface area (Å²) in [5.74, 6) is 0.296.